The SMILES string of the molecule is CC1(C)CCc2sc(N)cc2O1. The van der Waals surface area contributed by atoms with E-state index in [2.05, 4.69) is 13.8 Å². The quantitative estimate of drug-likeness (QED) is 0.670. The first-order valence-electron chi connectivity index (χ1n) is 4.14. The fraction of sp³-hybridized carbons (Fsp3) is 0.556. The Kier molecular flexibility index (Phi) is 1.58. The summed E-state index contributed by atoms with van der Waals surface area (Å²) in [5, 5.41) is 0.859. The van der Waals surface area contributed by atoms with E-state index in [1.54, 1.807) is 11.3 Å². The van der Waals surface area contributed by atoms with Crippen LogP contribution in [-0.4, -0.2) is 5.60 Å². The van der Waals surface area contributed by atoms with E-state index in [1.807, 2.05) is 6.07 Å². The number of hydrogen-bond acceptors (Lipinski definition) is 3. The molecule has 1 aromatic rings. The van der Waals surface area contributed by atoms with Gasteiger partial charge in [0.15, 0.2) is 0 Å². The lowest BCUT2D eigenvalue weighted by molar-refractivity contribution is 0.0865. The number of fused-ring (bicyclic) bond motifs is 1. The summed E-state index contributed by atoms with van der Waals surface area (Å²) in [5.74, 6) is 0.994. The highest BCUT2D eigenvalue weighted by molar-refractivity contribution is 7.16. The number of hydrogen-bond donors (Lipinski definition) is 1. The van der Waals surface area contributed by atoms with Gasteiger partial charge in [0.25, 0.3) is 0 Å². The lowest BCUT2D eigenvalue weighted by atomic mass is 9.99. The molecule has 0 unspecified atom stereocenters. The van der Waals surface area contributed by atoms with Gasteiger partial charge in [0, 0.05) is 10.9 Å². The highest BCUT2D eigenvalue weighted by Crippen LogP contribution is 2.39. The van der Waals surface area contributed by atoms with Crippen LogP contribution in [0.15, 0.2) is 6.07 Å². The van der Waals surface area contributed by atoms with Crippen molar-refractivity contribution in [2.24, 2.45) is 0 Å². The molecule has 0 spiro atoms. The van der Waals surface area contributed by atoms with Gasteiger partial charge in [0.1, 0.15) is 11.4 Å². The van der Waals surface area contributed by atoms with Gasteiger partial charge in [-0.15, -0.1) is 11.3 Å². The molecule has 2 rings (SSSR count). The van der Waals surface area contributed by atoms with Gasteiger partial charge in [-0.1, -0.05) is 0 Å². The van der Waals surface area contributed by atoms with Crippen molar-refractivity contribution in [3.05, 3.63) is 10.9 Å². The van der Waals surface area contributed by atoms with Gasteiger partial charge in [0.05, 0.1) is 5.00 Å². The highest BCUT2D eigenvalue weighted by atomic mass is 32.1. The smallest absolute Gasteiger partial charge is 0.136 e. The van der Waals surface area contributed by atoms with Crippen molar-refractivity contribution in [2.75, 3.05) is 5.73 Å². The van der Waals surface area contributed by atoms with Crippen molar-refractivity contribution in [3.63, 3.8) is 0 Å². The summed E-state index contributed by atoms with van der Waals surface area (Å²) in [6, 6.07) is 1.93. The molecule has 2 N–H and O–H groups in total. The van der Waals surface area contributed by atoms with Gasteiger partial charge < -0.3 is 10.5 Å². The van der Waals surface area contributed by atoms with Crippen molar-refractivity contribution >= 4 is 16.3 Å². The van der Waals surface area contributed by atoms with E-state index in [-0.39, 0.29) is 5.60 Å². The molecule has 0 bridgehead atoms. The zero-order chi connectivity index (χ0) is 8.77. The molecule has 1 aromatic heterocycles. The predicted molar refractivity (Wildman–Crippen MR) is 51.8 cm³/mol. The summed E-state index contributed by atoms with van der Waals surface area (Å²) >= 11 is 1.64. The van der Waals surface area contributed by atoms with Gasteiger partial charge in [-0.05, 0) is 26.7 Å². The Hall–Kier alpha value is -0.700. The summed E-state index contributed by atoms with van der Waals surface area (Å²) in [6.07, 6.45) is 2.18. The van der Waals surface area contributed by atoms with Crippen LogP contribution in [0.5, 0.6) is 5.75 Å². The van der Waals surface area contributed by atoms with Crippen LogP contribution in [0.1, 0.15) is 25.1 Å². The molecule has 0 amide bonds. The third-order valence-electron chi connectivity index (χ3n) is 2.13. The van der Waals surface area contributed by atoms with E-state index < -0.39 is 0 Å². The highest BCUT2D eigenvalue weighted by Gasteiger charge is 2.27. The minimum Gasteiger partial charge on any atom is -0.487 e. The van der Waals surface area contributed by atoms with E-state index in [4.69, 9.17) is 10.5 Å². The Balaban J connectivity index is 2.34. The molecular weight excluding hydrogens is 170 g/mol. The summed E-state index contributed by atoms with van der Waals surface area (Å²) in [6.45, 7) is 4.23. The number of nitrogens with two attached hydrogens (primary N) is 1. The maximum atomic E-state index is 5.77. The minimum absolute atomic E-state index is 0.0134. The van der Waals surface area contributed by atoms with Gasteiger partial charge in [-0.3, -0.25) is 0 Å². The molecule has 1 aliphatic heterocycles. The van der Waals surface area contributed by atoms with Gasteiger partial charge in [0.2, 0.25) is 0 Å². The third kappa shape index (κ3) is 1.29. The average molecular weight is 183 g/mol. The van der Waals surface area contributed by atoms with E-state index in [0.717, 1.165) is 23.6 Å². The van der Waals surface area contributed by atoms with Crippen LogP contribution in [0.4, 0.5) is 5.00 Å². The van der Waals surface area contributed by atoms with Crippen molar-refractivity contribution in [1.82, 2.24) is 0 Å². The molecule has 0 saturated carbocycles. The molecule has 66 valence electrons. The molecule has 3 heteroatoms. The number of ether oxygens (including phenoxy) is 1. The monoisotopic (exact) mass is 183 g/mol. The largest absolute Gasteiger partial charge is 0.487 e. The van der Waals surface area contributed by atoms with Gasteiger partial charge in [-0.2, -0.15) is 0 Å². The normalized spacial score (nSPS) is 19.8. The van der Waals surface area contributed by atoms with Crippen molar-refractivity contribution in [2.45, 2.75) is 32.3 Å². The summed E-state index contributed by atoms with van der Waals surface area (Å²) in [5.41, 5.74) is 5.67. The summed E-state index contributed by atoms with van der Waals surface area (Å²) in [7, 11) is 0. The van der Waals surface area contributed by atoms with E-state index in [9.17, 15) is 0 Å². The zero-order valence-electron chi connectivity index (χ0n) is 7.39. The molecule has 1 aliphatic rings. The Morgan fingerprint density at radius 1 is 1.58 bits per heavy atom. The standard InChI is InChI=1S/C9H13NOS/c1-9(2)4-3-7-6(11-9)5-8(10)12-7/h5H,3-4,10H2,1-2H3. The Morgan fingerprint density at radius 2 is 2.33 bits per heavy atom. The summed E-state index contributed by atoms with van der Waals surface area (Å²) in [4.78, 5) is 1.30. The molecule has 2 heterocycles. The molecule has 0 radical (unpaired) electrons. The fourth-order valence-corrected chi connectivity index (χ4v) is 2.31. The lowest BCUT2D eigenvalue weighted by Gasteiger charge is -2.30. The number of anilines is 1. The first-order chi connectivity index (χ1) is 5.57. The Labute approximate surface area is 76.3 Å². The van der Waals surface area contributed by atoms with Gasteiger partial charge >= 0.3 is 0 Å². The molecule has 0 aromatic carbocycles. The van der Waals surface area contributed by atoms with Crippen LogP contribution >= 0.6 is 11.3 Å². The van der Waals surface area contributed by atoms with Crippen LogP contribution < -0.4 is 10.5 Å². The molecule has 12 heavy (non-hydrogen) atoms. The van der Waals surface area contributed by atoms with Crippen LogP contribution in [0.2, 0.25) is 0 Å². The first-order valence-corrected chi connectivity index (χ1v) is 4.96. The molecule has 0 aliphatic carbocycles. The molecule has 2 nitrogen and oxygen atoms in total. The maximum Gasteiger partial charge on any atom is 0.136 e. The second-order valence-corrected chi connectivity index (χ2v) is 4.97. The number of thiophene rings is 1. The van der Waals surface area contributed by atoms with Gasteiger partial charge in [-0.25, -0.2) is 0 Å². The second kappa shape index (κ2) is 2.39. The molecule has 0 fully saturated rings. The minimum atomic E-state index is -0.0134. The topological polar surface area (TPSA) is 35.2 Å². The van der Waals surface area contributed by atoms with Crippen LogP contribution in [0, 0.1) is 0 Å². The Morgan fingerprint density at radius 3 is 3.08 bits per heavy atom. The molecule has 0 atom stereocenters. The van der Waals surface area contributed by atoms with Crippen LogP contribution in [-0.2, 0) is 6.42 Å². The van der Waals surface area contributed by atoms with Crippen molar-refractivity contribution < 1.29 is 4.74 Å². The van der Waals surface area contributed by atoms with Crippen molar-refractivity contribution in [3.8, 4) is 5.75 Å². The average Bonchev–Trinajstić information content (AvgIpc) is 2.26. The van der Waals surface area contributed by atoms with E-state index in [1.165, 1.54) is 4.88 Å². The number of nitrogen functional groups attached to an aromatic ring is 1. The zero-order valence-corrected chi connectivity index (χ0v) is 8.20. The number of aryl methyl sites for hydroxylation is 1. The van der Waals surface area contributed by atoms with E-state index >= 15 is 0 Å². The Bertz CT molecular complexity index is 303. The fourth-order valence-electron chi connectivity index (χ4n) is 1.46. The molecule has 0 saturated heterocycles. The lowest BCUT2D eigenvalue weighted by Crippen LogP contribution is -2.31. The van der Waals surface area contributed by atoms with Crippen LogP contribution in [0.25, 0.3) is 0 Å². The van der Waals surface area contributed by atoms with E-state index in [0.29, 0.717) is 0 Å². The summed E-state index contributed by atoms with van der Waals surface area (Å²) < 4.78 is 5.77. The molecular formula is C9H13NOS. The third-order valence-corrected chi connectivity index (χ3v) is 3.13. The van der Waals surface area contributed by atoms with Crippen LogP contribution in [0.3, 0.4) is 0 Å². The maximum absolute atomic E-state index is 5.77. The van der Waals surface area contributed by atoms with Crippen molar-refractivity contribution in [1.29, 1.82) is 0 Å². The second-order valence-electron chi connectivity index (χ2n) is 3.80. The number of rotatable bonds is 0. The predicted octanol–water partition coefficient (Wildman–Crippen LogP) is 2.43. The first kappa shape index (κ1) is 7.92.